The SMILES string of the molecule is O=C(CCc1ccc(-c2ccc(F)cc2)o1)NC[C@H]1CCCO1. The van der Waals surface area contributed by atoms with Crippen LogP contribution >= 0.6 is 0 Å². The van der Waals surface area contributed by atoms with Gasteiger partial charge in [-0.2, -0.15) is 0 Å². The zero-order valence-electron chi connectivity index (χ0n) is 12.9. The van der Waals surface area contributed by atoms with Gasteiger partial charge in [0.1, 0.15) is 17.3 Å². The van der Waals surface area contributed by atoms with Crippen LogP contribution in [0.25, 0.3) is 11.3 Å². The molecule has 3 rings (SSSR count). The van der Waals surface area contributed by atoms with Crippen LogP contribution in [0.15, 0.2) is 40.8 Å². The summed E-state index contributed by atoms with van der Waals surface area (Å²) in [5, 5.41) is 2.89. The van der Waals surface area contributed by atoms with Crippen molar-refractivity contribution in [1.82, 2.24) is 5.32 Å². The fraction of sp³-hybridized carbons (Fsp3) is 0.389. The molecule has 1 aromatic heterocycles. The number of rotatable bonds is 6. The summed E-state index contributed by atoms with van der Waals surface area (Å²) in [7, 11) is 0. The highest BCUT2D eigenvalue weighted by atomic mass is 19.1. The first-order chi connectivity index (χ1) is 11.2. The highest BCUT2D eigenvalue weighted by Crippen LogP contribution is 2.23. The quantitative estimate of drug-likeness (QED) is 0.889. The number of ether oxygens (including phenoxy) is 1. The molecule has 4 nitrogen and oxygen atoms in total. The van der Waals surface area contributed by atoms with Crippen molar-refractivity contribution in [2.45, 2.75) is 31.8 Å². The van der Waals surface area contributed by atoms with Gasteiger partial charge in [-0.1, -0.05) is 0 Å². The second-order valence-electron chi connectivity index (χ2n) is 5.71. The van der Waals surface area contributed by atoms with Gasteiger partial charge in [0.25, 0.3) is 0 Å². The van der Waals surface area contributed by atoms with Gasteiger partial charge in [-0.15, -0.1) is 0 Å². The Balaban J connectivity index is 1.47. The maximum absolute atomic E-state index is 12.9. The summed E-state index contributed by atoms with van der Waals surface area (Å²) in [4.78, 5) is 11.8. The van der Waals surface area contributed by atoms with Gasteiger partial charge in [0.2, 0.25) is 5.91 Å². The van der Waals surface area contributed by atoms with E-state index >= 15 is 0 Å². The van der Waals surface area contributed by atoms with Crippen LogP contribution in [0.4, 0.5) is 4.39 Å². The molecule has 1 aliphatic heterocycles. The zero-order chi connectivity index (χ0) is 16.1. The van der Waals surface area contributed by atoms with Crippen molar-refractivity contribution in [3.63, 3.8) is 0 Å². The van der Waals surface area contributed by atoms with E-state index in [4.69, 9.17) is 9.15 Å². The van der Waals surface area contributed by atoms with Gasteiger partial charge < -0.3 is 14.5 Å². The second-order valence-corrected chi connectivity index (χ2v) is 5.71. The Morgan fingerprint density at radius 2 is 2.04 bits per heavy atom. The number of hydrogen-bond donors (Lipinski definition) is 1. The maximum atomic E-state index is 12.9. The van der Waals surface area contributed by atoms with Crippen LogP contribution in [-0.2, 0) is 16.0 Å². The highest BCUT2D eigenvalue weighted by molar-refractivity contribution is 5.76. The molecule has 1 amide bonds. The molecule has 0 aliphatic carbocycles. The summed E-state index contributed by atoms with van der Waals surface area (Å²) in [6, 6.07) is 9.84. The van der Waals surface area contributed by atoms with Crippen molar-refractivity contribution in [2.75, 3.05) is 13.2 Å². The van der Waals surface area contributed by atoms with Crippen LogP contribution in [0.2, 0.25) is 0 Å². The van der Waals surface area contributed by atoms with E-state index in [0.717, 1.165) is 30.8 Å². The van der Waals surface area contributed by atoms with Crippen LogP contribution in [0.5, 0.6) is 0 Å². The van der Waals surface area contributed by atoms with E-state index in [2.05, 4.69) is 5.32 Å². The number of nitrogens with one attached hydrogen (secondary N) is 1. The summed E-state index contributed by atoms with van der Waals surface area (Å²) in [5.74, 6) is 1.15. The van der Waals surface area contributed by atoms with Gasteiger partial charge in [0, 0.05) is 31.6 Å². The van der Waals surface area contributed by atoms with Crippen LogP contribution in [0.1, 0.15) is 25.0 Å². The van der Waals surface area contributed by atoms with E-state index in [0.29, 0.717) is 25.1 Å². The third kappa shape index (κ3) is 4.42. The van der Waals surface area contributed by atoms with Crippen LogP contribution < -0.4 is 5.32 Å². The van der Waals surface area contributed by atoms with Gasteiger partial charge in [-0.3, -0.25) is 4.79 Å². The lowest BCUT2D eigenvalue weighted by Crippen LogP contribution is -2.31. The number of hydrogen-bond acceptors (Lipinski definition) is 3. The number of carbonyl (C=O) groups is 1. The molecular formula is C18H20FNO3. The maximum Gasteiger partial charge on any atom is 0.220 e. The first-order valence-electron chi connectivity index (χ1n) is 7.93. The monoisotopic (exact) mass is 317 g/mol. The van der Waals surface area contributed by atoms with E-state index in [1.165, 1.54) is 12.1 Å². The number of amides is 1. The Kier molecular flexibility index (Phi) is 5.08. The lowest BCUT2D eigenvalue weighted by Gasteiger charge is -2.10. The number of furan rings is 1. The van der Waals surface area contributed by atoms with Crippen LogP contribution in [-0.4, -0.2) is 25.2 Å². The number of carbonyl (C=O) groups excluding carboxylic acids is 1. The van der Waals surface area contributed by atoms with Crippen molar-refractivity contribution in [1.29, 1.82) is 0 Å². The first kappa shape index (κ1) is 15.7. The average Bonchev–Trinajstić information content (AvgIpc) is 3.23. The number of benzene rings is 1. The van der Waals surface area contributed by atoms with E-state index in [1.807, 2.05) is 12.1 Å². The molecule has 1 fully saturated rings. The average molecular weight is 317 g/mol. The van der Waals surface area contributed by atoms with Gasteiger partial charge in [-0.25, -0.2) is 4.39 Å². The molecule has 0 radical (unpaired) electrons. The normalized spacial score (nSPS) is 17.3. The smallest absolute Gasteiger partial charge is 0.220 e. The number of aryl methyl sites for hydroxylation is 1. The summed E-state index contributed by atoms with van der Waals surface area (Å²) >= 11 is 0. The molecule has 23 heavy (non-hydrogen) atoms. The molecule has 2 aromatic rings. The molecule has 0 unspecified atom stereocenters. The fourth-order valence-electron chi connectivity index (χ4n) is 2.64. The molecule has 122 valence electrons. The molecule has 1 saturated heterocycles. The predicted octanol–water partition coefficient (Wildman–Crippen LogP) is 3.31. The van der Waals surface area contributed by atoms with Crippen molar-refractivity contribution in [3.8, 4) is 11.3 Å². The molecule has 0 saturated carbocycles. The molecular weight excluding hydrogens is 297 g/mol. The second kappa shape index (κ2) is 7.42. The third-order valence-corrected chi connectivity index (χ3v) is 3.94. The standard InChI is InChI=1S/C18H20FNO3/c19-14-5-3-13(4-6-14)17-9-7-15(23-17)8-10-18(21)20-12-16-2-1-11-22-16/h3-7,9,16H,1-2,8,10-12H2,(H,20,21)/t16-/m1/s1. The lowest BCUT2D eigenvalue weighted by atomic mass is 10.2. The Bertz CT molecular complexity index is 645. The minimum absolute atomic E-state index is 0.000215. The van der Waals surface area contributed by atoms with Gasteiger partial charge >= 0.3 is 0 Å². The van der Waals surface area contributed by atoms with Crippen LogP contribution in [0.3, 0.4) is 0 Å². The van der Waals surface area contributed by atoms with E-state index < -0.39 is 0 Å². The van der Waals surface area contributed by atoms with Gasteiger partial charge in [0.05, 0.1) is 6.10 Å². The Morgan fingerprint density at radius 3 is 2.78 bits per heavy atom. The zero-order valence-corrected chi connectivity index (χ0v) is 12.9. The minimum Gasteiger partial charge on any atom is -0.461 e. The molecule has 2 heterocycles. The van der Waals surface area contributed by atoms with Crippen molar-refractivity contribution in [2.24, 2.45) is 0 Å². The van der Waals surface area contributed by atoms with E-state index in [-0.39, 0.29) is 17.8 Å². The predicted molar refractivity (Wildman–Crippen MR) is 84.4 cm³/mol. The Morgan fingerprint density at radius 1 is 1.22 bits per heavy atom. The molecule has 0 spiro atoms. The topological polar surface area (TPSA) is 51.5 Å². The van der Waals surface area contributed by atoms with Crippen molar-refractivity contribution >= 4 is 5.91 Å². The Labute approximate surface area is 134 Å². The molecule has 5 heteroatoms. The lowest BCUT2D eigenvalue weighted by molar-refractivity contribution is -0.121. The molecule has 1 atom stereocenters. The largest absolute Gasteiger partial charge is 0.461 e. The molecule has 1 aromatic carbocycles. The van der Waals surface area contributed by atoms with Crippen LogP contribution in [0, 0.1) is 5.82 Å². The summed E-state index contributed by atoms with van der Waals surface area (Å²) in [6.45, 7) is 1.37. The third-order valence-electron chi connectivity index (χ3n) is 3.94. The summed E-state index contributed by atoms with van der Waals surface area (Å²) in [6.07, 6.45) is 3.16. The molecule has 0 bridgehead atoms. The Hall–Kier alpha value is -2.14. The fourth-order valence-corrected chi connectivity index (χ4v) is 2.64. The van der Waals surface area contributed by atoms with Gasteiger partial charge in [-0.05, 0) is 49.2 Å². The van der Waals surface area contributed by atoms with E-state index in [1.54, 1.807) is 12.1 Å². The first-order valence-corrected chi connectivity index (χ1v) is 7.93. The summed E-state index contributed by atoms with van der Waals surface area (Å²) in [5.41, 5.74) is 0.820. The molecule has 1 N–H and O–H groups in total. The minimum atomic E-state index is -0.275. The summed E-state index contributed by atoms with van der Waals surface area (Å²) < 4.78 is 24.1. The van der Waals surface area contributed by atoms with Gasteiger partial charge in [0.15, 0.2) is 0 Å². The number of halogens is 1. The highest BCUT2D eigenvalue weighted by Gasteiger charge is 2.16. The van der Waals surface area contributed by atoms with Crippen molar-refractivity contribution in [3.05, 3.63) is 48.0 Å². The van der Waals surface area contributed by atoms with Crippen molar-refractivity contribution < 1.29 is 18.3 Å². The van der Waals surface area contributed by atoms with E-state index in [9.17, 15) is 9.18 Å². The molecule has 1 aliphatic rings.